The molecule has 0 saturated heterocycles. The van der Waals surface area contributed by atoms with E-state index in [-0.39, 0.29) is 0 Å². The van der Waals surface area contributed by atoms with Gasteiger partial charge in [-0.2, -0.15) is 43.5 Å². The summed E-state index contributed by atoms with van der Waals surface area (Å²) in [5.41, 5.74) is 0. The van der Waals surface area contributed by atoms with Crippen molar-refractivity contribution in [2.24, 2.45) is 0 Å². The second-order valence-electron chi connectivity index (χ2n) is 2.89. The minimum Gasteiger partial charge on any atom is -0.301 e. The van der Waals surface area contributed by atoms with Gasteiger partial charge in [-0.25, -0.2) is 8.95 Å². The summed E-state index contributed by atoms with van der Waals surface area (Å²) >= 11 is -4.83. The van der Waals surface area contributed by atoms with E-state index in [9.17, 15) is 47.8 Å². The zero-order valence-electron chi connectivity index (χ0n) is 8.37. The van der Waals surface area contributed by atoms with Gasteiger partial charge in [0.25, 0.3) is 0 Å². The van der Waals surface area contributed by atoms with Gasteiger partial charge in [0, 0.05) is 0 Å². The van der Waals surface area contributed by atoms with Crippen molar-refractivity contribution in [3.63, 3.8) is 0 Å². The average Bonchev–Trinajstić information content (AvgIpc) is 2.12. The van der Waals surface area contributed by atoms with E-state index in [2.05, 4.69) is 0 Å². The maximum Gasteiger partial charge on any atom is 0.460 e. The van der Waals surface area contributed by atoms with E-state index in [1.807, 2.05) is 0 Å². The molecule has 1 unspecified atom stereocenters. The first-order valence-corrected chi connectivity index (χ1v) is 6.24. The second kappa shape index (κ2) is 5.00. The molecule has 122 valence electrons. The molecule has 0 bridgehead atoms. The summed E-state index contributed by atoms with van der Waals surface area (Å²) in [6.45, 7) is 0. The Labute approximate surface area is 106 Å². The lowest BCUT2D eigenvalue weighted by Crippen LogP contribution is -2.56. The van der Waals surface area contributed by atoms with Crippen molar-refractivity contribution in [1.82, 2.24) is 0 Å². The highest BCUT2D eigenvalue weighted by Crippen LogP contribution is 2.47. The van der Waals surface area contributed by atoms with E-state index in [1.165, 1.54) is 0 Å². The van der Waals surface area contributed by atoms with Crippen LogP contribution in [0.25, 0.3) is 0 Å². The Bertz CT molecular complexity index is 499. The first-order valence-electron chi connectivity index (χ1n) is 3.69. The minimum absolute atomic E-state index is 1.68. The van der Waals surface area contributed by atoms with Crippen molar-refractivity contribution in [3.8, 4) is 0 Å². The Morgan fingerprint density at radius 2 is 1.25 bits per heavy atom. The first-order chi connectivity index (χ1) is 8.40. The fourth-order valence-electron chi connectivity index (χ4n) is 0.532. The lowest BCUT2D eigenvalue weighted by atomic mass is 10.6. The smallest absolute Gasteiger partial charge is 0.301 e. The van der Waals surface area contributed by atoms with Gasteiger partial charge >= 0.3 is 32.8 Å². The maximum absolute atomic E-state index is 12.5. The average molecular weight is 362 g/mol. The highest BCUT2D eigenvalue weighted by molar-refractivity contribution is 7.87. The van der Waals surface area contributed by atoms with Crippen LogP contribution in [0, 0.1) is 0 Å². The molecule has 1 atom stereocenters. The lowest BCUT2D eigenvalue weighted by Gasteiger charge is -2.29. The zero-order chi connectivity index (χ0) is 16.8. The van der Waals surface area contributed by atoms with Crippen LogP contribution in [0.1, 0.15) is 0 Å². The maximum atomic E-state index is 12.5. The summed E-state index contributed by atoms with van der Waals surface area (Å²) in [5, 5.41) is -13.0. The van der Waals surface area contributed by atoms with Gasteiger partial charge in [0.1, 0.15) is 0 Å². The van der Waals surface area contributed by atoms with Crippen molar-refractivity contribution < 1.29 is 61.6 Å². The summed E-state index contributed by atoms with van der Waals surface area (Å²) in [6.07, 6.45) is -13.5. The van der Waals surface area contributed by atoms with Crippen molar-refractivity contribution in [2.45, 2.75) is 22.7 Å². The van der Waals surface area contributed by atoms with Gasteiger partial charge < -0.3 is 4.55 Å². The molecule has 0 aliphatic heterocycles. The molecule has 0 aromatic carbocycles. The molecule has 0 aliphatic carbocycles. The summed E-state index contributed by atoms with van der Waals surface area (Å²) in [4.78, 5) is 0. The fraction of sp³-hybridized carbons (Fsp3) is 1.00. The molecule has 6 nitrogen and oxygen atoms in total. The van der Waals surface area contributed by atoms with Crippen LogP contribution in [-0.4, -0.2) is 44.5 Å². The molecule has 0 amide bonds. The van der Waals surface area contributed by atoms with Crippen LogP contribution >= 0.6 is 0 Å². The van der Waals surface area contributed by atoms with Crippen molar-refractivity contribution in [3.05, 3.63) is 0 Å². The summed E-state index contributed by atoms with van der Waals surface area (Å²) in [6, 6.07) is 0. The SMILES string of the molecule is O=S(O)C(F)(F)C(F)(F)OC(F)(F)C(F)(F)S(=O)(=O)O. The highest BCUT2D eigenvalue weighted by Gasteiger charge is 2.75. The van der Waals surface area contributed by atoms with Crippen LogP contribution in [0.4, 0.5) is 35.1 Å². The predicted molar refractivity (Wildman–Crippen MR) is 43.2 cm³/mol. The van der Waals surface area contributed by atoms with Crippen LogP contribution in [-0.2, 0) is 25.9 Å². The number of hydrogen-bond acceptors (Lipinski definition) is 4. The second-order valence-corrected chi connectivity index (χ2v) is 5.37. The Morgan fingerprint density at radius 1 is 0.900 bits per heavy atom. The van der Waals surface area contributed by atoms with Crippen LogP contribution in [0.3, 0.4) is 0 Å². The molecule has 0 heterocycles. The van der Waals surface area contributed by atoms with Crippen molar-refractivity contribution in [1.29, 1.82) is 0 Å². The topological polar surface area (TPSA) is 101 Å². The number of alkyl halides is 8. The van der Waals surface area contributed by atoms with E-state index in [1.54, 1.807) is 4.74 Å². The predicted octanol–water partition coefficient (Wildman–Crippen LogP) is 1.48. The van der Waals surface area contributed by atoms with Gasteiger partial charge in [-0.1, -0.05) is 0 Å². The van der Waals surface area contributed by atoms with Gasteiger partial charge in [0.2, 0.25) is 11.1 Å². The Balaban J connectivity index is 5.67. The number of rotatable bonds is 6. The standard InChI is InChI=1S/C4H2F8O6S2/c5-1(6,3(9,10)19(13)14)18-2(7,8)4(11,12)20(15,16)17/h(H,13,14)(H,15,16,17). The summed E-state index contributed by atoms with van der Waals surface area (Å²) < 4.78 is 146. The van der Waals surface area contributed by atoms with Crippen molar-refractivity contribution >= 4 is 21.2 Å². The van der Waals surface area contributed by atoms with Gasteiger partial charge in [-0.05, 0) is 0 Å². The van der Waals surface area contributed by atoms with Gasteiger partial charge in [-0.3, -0.25) is 4.55 Å². The van der Waals surface area contributed by atoms with E-state index in [0.29, 0.717) is 0 Å². The molecule has 0 fully saturated rings. The van der Waals surface area contributed by atoms with Crippen LogP contribution in [0.5, 0.6) is 0 Å². The third kappa shape index (κ3) is 3.18. The largest absolute Gasteiger partial charge is 0.460 e. The molecule has 16 heteroatoms. The molecule has 0 aromatic heterocycles. The van der Waals surface area contributed by atoms with E-state index < -0.39 is 43.9 Å². The third-order valence-corrected chi connectivity index (χ3v) is 3.04. The fourth-order valence-corrected chi connectivity index (χ4v) is 1.12. The molecule has 20 heavy (non-hydrogen) atoms. The lowest BCUT2D eigenvalue weighted by molar-refractivity contribution is -0.442. The van der Waals surface area contributed by atoms with E-state index >= 15 is 0 Å². The van der Waals surface area contributed by atoms with Gasteiger partial charge in [-0.15, -0.1) is 0 Å². The van der Waals surface area contributed by atoms with Crippen LogP contribution in [0.2, 0.25) is 0 Å². The van der Waals surface area contributed by atoms with Crippen molar-refractivity contribution in [2.75, 3.05) is 0 Å². The Morgan fingerprint density at radius 3 is 1.50 bits per heavy atom. The summed E-state index contributed by atoms with van der Waals surface area (Å²) in [5.74, 6) is 0. The van der Waals surface area contributed by atoms with Gasteiger partial charge in [0.15, 0.2) is 0 Å². The van der Waals surface area contributed by atoms with E-state index in [0.717, 1.165) is 0 Å². The molecule has 0 aliphatic rings. The molecule has 0 rings (SSSR count). The minimum atomic E-state index is -7.02. The molecule has 0 radical (unpaired) electrons. The number of ether oxygens (including phenoxy) is 1. The van der Waals surface area contributed by atoms with E-state index in [4.69, 9.17) is 9.11 Å². The van der Waals surface area contributed by atoms with Crippen LogP contribution in [0.15, 0.2) is 0 Å². The normalized spacial score (nSPS) is 17.1. The summed E-state index contributed by atoms with van der Waals surface area (Å²) in [7, 11) is -7.02. The van der Waals surface area contributed by atoms with Crippen LogP contribution < -0.4 is 0 Å². The molecule has 0 saturated carbocycles. The molecule has 0 spiro atoms. The first kappa shape index (κ1) is 19.4. The number of hydrogen-bond donors (Lipinski definition) is 2. The quantitative estimate of drug-likeness (QED) is 0.422. The molecular weight excluding hydrogens is 360 g/mol. The number of halogens is 8. The zero-order valence-corrected chi connectivity index (χ0v) is 10.0. The Hall–Kier alpha value is -0.580. The molecule has 2 N–H and O–H groups in total. The molecular formula is C4H2F8O6S2. The highest BCUT2D eigenvalue weighted by atomic mass is 32.2. The molecule has 0 aromatic rings. The monoisotopic (exact) mass is 362 g/mol. The van der Waals surface area contributed by atoms with Gasteiger partial charge in [0.05, 0.1) is 0 Å². The third-order valence-electron chi connectivity index (χ3n) is 1.48. The Kier molecular flexibility index (Phi) is 4.86.